The molecule has 0 N–H and O–H groups in total. The van der Waals surface area contributed by atoms with Crippen molar-refractivity contribution in [3.05, 3.63) is 53.6 Å². The Balaban J connectivity index is 2.24. The van der Waals surface area contributed by atoms with Gasteiger partial charge in [0.05, 0.1) is 0 Å². The number of benzene rings is 1. The molecule has 0 aliphatic rings. The molecule has 0 saturated carbocycles. The van der Waals surface area contributed by atoms with Crippen LogP contribution in [0.15, 0.2) is 36.7 Å². The number of hydrogen-bond donors (Lipinski definition) is 0. The molecular weight excluding hydrogens is 196 g/mol. The lowest BCUT2D eigenvalue weighted by Crippen LogP contribution is -2.05. The van der Waals surface area contributed by atoms with Crippen molar-refractivity contribution in [1.82, 2.24) is 9.55 Å². The largest absolute Gasteiger partial charge is 0.330 e. The van der Waals surface area contributed by atoms with E-state index in [1.54, 1.807) is 0 Å². The maximum atomic E-state index is 4.40. The Labute approximate surface area is 97.0 Å². The summed E-state index contributed by atoms with van der Waals surface area (Å²) in [5, 5.41) is 0. The third kappa shape index (κ3) is 2.32. The van der Waals surface area contributed by atoms with Gasteiger partial charge in [0.1, 0.15) is 5.82 Å². The Kier molecular flexibility index (Phi) is 3.09. The first-order chi connectivity index (χ1) is 7.66. The Morgan fingerprint density at radius 1 is 1.31 bits per heavy atom. The van der Waals surface area contributed by atoms with Crippen LogP contribution >= 0.6 is 0 Å². The smallest absolute Gasteiger partial charge is 0.111 e. The summed E-state index contributed by atoms with van der Waals surface area (Å²) in [5.74, 6) is 1.63. The summed E-state index contributed by atoms with van der Waals surface area (Å²) in [6.07, 6.45) is 3.93. The number of aryl methyl sites for hydroxylation is 1. The lowest BCUT2D eigenvalue weighted by molar-refractivity contribution is 0.669. The monoisotopic (exact) mass is 214 g/mol. The average Bonchev–Trinajstić information content (AvgIpc) is 2.66. The van der Waals surface area contributed by atoms with Crippen molar-refractivity contribution >= 4 is 0 Å². The molecule has 0 amide bonds. The second-order valence-corrected chi connectivity index (χ2v) is 4.56. The van der Waals surface area contributed by atoms with Gasteiger partial charge in [-0.15, -0.1) is 0 Å². The zero-order valence-corrected chi connectivity index (χ0v) is 10.1. The highest BCUT2D eigenvalue weighted by atomic mass is 15.1. The van der Waals surface area contributed by atoms with Gasteiger partial charge in [-0.25, -0.2) is 4.98 Å². The van der Waals surface area contributed by atoms with Crippen molar-refractivity contribution in [2.45, 2.75) is 33.2 Å². The third-order valence-electron chi connectivity index (χ3n) is 2.70. The van der Waals surface area contributed by atoms with Crippen LogP contribution in [0.25, 0.3) is 0 Å². The van der Waals surface area contributed by atoms with E-state index in [1.807, 2.05) is 6.20 Å². The Morgan fingerprint density at radius 2 is 2.12 bits per heavy atom. The fraction of sp³-hybridized carbons (Fsp3) is 0.357. The van der Waals surface area contributed by atoms with Gasteiger partial charge in [-0.05, 0) is 12.5 Å². The molecule has 0 aliphatic heterocycles. The van der Waals surface area contributed by atoms with Crippen molar-refractivity contribution < 1.29 is 0 Å². The molecule has 0 fully saturated rings. The van der Waals surface area contributed by atoms with Crippen LogP contribution in [0, 0.1) is 6.92 Å². The minimum atomic E-state index is 0.472. The highest BCUT2D eigenvalue weighted by molar-refractivity contribution is 5.22. The highest BCUT2D eigenvalue weighted by Gasteiger charge is 2.07. The zero-order chi connectivity index (χ0) is 11.5. The summed E-state index contributed by atoms with van der Waals surface area (Å²) in [4.78, 5) is 4.40. The van der Waals surface area contributed by atoms with E-state index in [2.05, 4.69) is 60.8 Å². The van der Waals surface area contributed by atoms with Gasteiger partial charge in [-0.2, -0.15) is 0 Å². The Hall–Kier alpha value is -1.57. The maximum Gasteiger partial charge on any atom is 0.111 e. The molecule has 1 aromatic carbocycles. The summed E-state index contributed by atoms with van der Waals surface area (Å²) in [5.41, 5.74) is 2.64. The number of imidazole rings is 1. The molecule has 0 bridgehead atoms. The van der Waals surface area contributed by atoms with E-state index in [-0.39, 0.29) is 0 Å². The molecule has 1 heterocycles. The fourth-order valence-corrected chi connectivity index (χ4v) is 1.96. The molecule has 2 heteroatoms. The quantitative estimate of drug-likeness (QED) is 0.766. The van der Waals surface area contributed by atoms with Gasteiger partial charge in [0.25, 0.3) is 0 Å². The molecule has 0 spiro atoms. The molecule has 2 aromatic rings. The predicted octanol–water partition coefficient (Wildman–Crippen LogP) is 3.36. The summed E-state index contributed by atoms with van der Waals surface area (Å²) in [6, 6.07) is 8.62. The fourth-order valence-electron chi connectivity index (χ4n) is 1.96. The molecule has 0 unspecified atom stereocenters. The first-order valence-electron chi connectivity index (χ1n) is 5.73. The Bertz CT molecular complexity index is 469. The van der Waals surface area contributed by atoms with Crippen LogP contribution in [0.3, 0.4) is 0 Å². The van der Waals surface area contributed by atoms with E-state index in [0.717, 1.165) is 12.4 Å². The lowest BCUT2D eigenvalue weighted by atomic mass is 10.1. The van der Waals surface area contributed by atoms with Gasteiger partial charge < -0.3 is 4.57 Å². The molecule has 16 heavy (non-hydrogen) atoms. The van der Waals surface area contributed by atoms with Crippen LogP contribution in [0.2, 0.25) is 0 Å². The van der Waals surface area contributed by atoms with E-state index in [9.17, 15) is 0 Å². The summed E-state index contributed by atoms with van der Waals surface area (Å²) in [6.45, 7) is 7.39. The normalized spacial score (nSPS) is 11.0. The summed E-state index contributed by atoms with van der Waals surface area (Å²) in [7, 11) is 0. The Morgan fingerprint density at radius 3 is 2.81 bits per heavy atom. The molecule has 0 atom stereocenters. The van der Waals surface area contributed by atoms with Crippen LogP contribution in [-0.4, -0.2) is 9.55 Å². The van der Waals surface area contributed by atoms with E-state index < -0.39 is 0 Å². The van der Waals surface area contributed by atoms with Crippen LogP contribution in [0.4, 0.5) is 0 Å². The standard InChI is InChI=1S/C14H18N2/c1-11(2)14-15-7-8-16(14)10-13-6-4-5-12(3)9-13/h4-9,11H,10H2,1-3H3. The van der Waals surface area contributed by atoms with Gasteiger partial charge in [-0.3, -0.25) is 0 Å². The minimum Gasteiger partial charge on any atom is -0.330 e. The third-order valence-corrected chi connectivity index (χ3v) is 2.70. The maximum absolute atomic E-state index is 4.40. The second-order valence-electron chi connectivity index (χ2n) is 4.56. The molecule has 1 aromatic heterocycles. The van der Waals surface area contributed by atoms with Crippen molar-refractivity contribution in [2.24, 2.45) is 0 Å². The van der Waals surface area contributed by atoms with Crippen LogP contribution in [0.5, 0.6) is 0 Å². The molecule has 0 aliphatic carbocycles. The van der Waals surface area contributed by atoms with E-state index in [4.69, 9.17) is 0 Å². The summed E-state index contributed by atoms with van der Waals surface area (Å²) >= 11 is 0. The topological polar surface area (TPSA) is 17.8 Å². The van der Waals surface area contributed by atoms with E-state index >= 15 is 0 Å². The molecule has 2 nitrogen and oxygen atoms in total. The number of rotatable bonds is 3. The SMILES string of the molecule is Cc1cccc(Cn2ccnc2C(C)C)c1. The minimum absolute atomic E-state index is 0.472. The second kappa shape index (κ2) is 4.52. The predicted molar refractivity (Wildman–Crippen MR) is 66.6 cm³/mol. The van der Waals surface area contributed by atoms with E-state index in [1.165, 1.54) is 11.1 Å². The van der Waals surface area contributed by atoms with Crippen molar-refractivity contribution in [1.29, 1.82) is 0 Å². The highest BCUT2D eigenvalue weighted by Crippen LogP contribution is 2.14. The number of aromatic nitrogens is 2. The van der Waals surface area contributed by atoms with Crippen molar-refractivity contribution in [2.75, 3.05) is 0 Å². The zero-order valence-electron chi connectivity index (χ0n) is 10.1. The van der Waals surface area contributed by atoms with Gasteiger partial charge in [0, 0.05) is 24.9 Å². The summed E-state index contributed by atoms with van der Waals surface area (Å²) < 4.78 is 2.22. The number of hydrogen-bond acceptors (Lipinski definition) is 1. The average molecular weight is 214 g/mol. The van der Waals surface area contributed by atoms with Gasteiger partial charge >= 0.3 is 0 Å². The van der Waals surface area contributed by atoms with Crippen LogP contribution in [-0.2, 0) is 6.54 Å². The number of nitrogens with zero attached hydrogens (tertiary/aromatic N) is 2. The lowest BCUT2D eigenvalue weighted by Gasteiger charge is -2.10. The molecule has 84 valence electrons. The molecular formula is C14H18N2. The van der Waals surface area contributed by atoms with Crippen LogP contribution < -0.4 is 0 Å². The van der Waals surface area contributed by atoms with Crippen LogP contribution in [0.1, 0.15) is 36.7 Å². The van der Waals surface area contributed by atoms with Crippen molar-refractivity contribution in [3.63, 3.8) is 0 Å². The van der Waals surface area contributed by atoms with E-state index in [0.29, 0.717) is 5.92 Å². The molecule has 0 radical (unpaired) electrons. The van der Waals surface area contributed by atoms with Gasteiger partial charge in [-0.1, -0.05) is 43.7 Å². The first-order valence-corrected chi connectivity index (χ1v) is 5.73. The van der Waals surface area contributed by atoms with Gasteiger partial charge in [0.2, 0.25) is 0 Å². The molecule has 0 saturated heterocycles. The van der Waals surface area contributed by atoms with Gasteiger partial charge in [0.15, 0.2) is 0 Å². The molecule has 2 rings (SSSR count). The van der Waals surface area contributed by atoms with Crippen molar-refractivity contribution in [3.8, 4) is 0 Å². The first kappa shape index (κ1) is 10.9.